The summed E-state index contributed by atoms with van der Waals surface area (Å²) >= 11 is 0. The number of hydrogen-bond donors (Lipinski definition) is 1. The maximum atomic E-state index is 12.1. The van der Waals surface area contributed by atoms with Crippen LogP contribution in [-0.2, 0) is 11.2 Å². The van der Waals surface area contributed by atoms with Crippen molar-refractivity contribution >= 4 is 11.6 Å². The van der Waals surface area contributed by atoms with E-state index in [1.807, 2.05) is 11.0 Å². The maximum absolute atomic E-state index is 12.1. The minimum absolute atomic E-state index is 0.128. The quantitative estimate of drug-likeness (QED) is 0.878. The minimum atomic E-state index is 0.128. The average Bonchev–Trinajstić information content (AvgIpc) is 2.37. The standard InChI is InChI=1S/C15H20N2O2/c1-10(2)5-11-3-4-14-13(6-11)17-12(9-19-14)7-16-8-15(17)18/h3-4,6,10,12,16H,5,7-9H2,1-2H3. The molecule has 102 valence electrons. The highest BCUT2D eigenvalue weighted by atomic mass is 16.5. The fourth-order valence-electron chi connectivity index (χ4n) is 2.85. The summed E-state index contributed by atoms with van der Waals surface area (Å²) in [5.41, 5.74) is 2.21. The molecule has 1 aromatic rings. The lowest BCUT2D eigenvalue weighted by molar-refractivity contribution is -0.119. The lowest BCUT2D eigenvalue weighted by Crippen LogP contribution is -2.59. The molecule has 1 amide bonds. The van der Waals surface area contributed by atoms with E-state index in [0.29, 0.717) is 19.1 Å². The van der Waals surface area contributed by atoms with E-state index in [2.05, 4.69) is 31.3 Å². The molecular weight excluding hydrogens is 240 g/mol. The summed E-state index contributed by atoms with van der Waals surface area (Å²) < 4.78 is 5.77. The molecule has 0 saturated carbocycles. The van der Waals surface area contributed by atoms with Gasteiger partial charge in [-0.3, -0.25) is 4.79 Å². The monoisotopic (exact) mass is 260 g/mol. The van der Waals surface area contributed by atoms with Gasteiger partial charge in [-0.15, -0.1) is 0 Å². The zero-order chi connectivity index (χ0) is 13.4. The van der Waals surface area contributed by atoms with Gasteiger partial charge in [0, 0.05) is 6.54 Å². The zero-order valence-corrected chi connectivity index (χ0v) is 11.5. The van der Waals surface area contributed by atoms with Gasteiger partial charge < -0.3 is 15.0 Å². The predicted molar refractivity (Wildman–Crippen MR) is 74.6 cm³/mol. The van der Waals surface area contributed by atoms with Crippen molar-refractivity contribution in [1.82, 2.24) is 5.32 Å². The first kappa shape index (κ1) is 12.5. The minimum Gasteiger partial charge on any atom is -0.489 e. The number of nitrogens with one attached hydrogen (secondary N) is 1. The van der Waals surface area contributed by atoms with Gasteiger partial charge in [-0.25, -0.2) is 0 Å². The highest BCUT2D eigenvalue weighted by molar-refractivity contribution is 5.98. The van der Waals surface area contributed by atoms with Gasteiger partial charge in [0.15, 0.2) is 0 Å². The third-order valence-electron chi connectivity index (χ3n) is 3.65. The number of carbonyl (C=O) groups is 1. The second kappa shape index (κ2) is 4.85. The van der Waals surface area contributed by atoms with Crippen molar-refractivity contribution in [3.63, 3.8) is 0 Å². The van der Waals surface area contributed by atoms with Crippen molar-refractivity contribution in [2.24, 2.45) is 5.92 Å². The molecule has 1 saturated heterocycles. The molecule has 2 aliphatic heterocycles. The van der Waals surface area contributed by atoms with Gasteiger partial charge in [0.05, 0.1) is 18.3 Å². The van der Waals surface area contributed by atoms with E-state index < -0.39 is 0 Å². The molecule has 1 N–H and O–H groups in total. The first-order chi connectivity index (χ1) is 9.15. The molecule has 1 atom stereocenters. The van der Waals surface area contributed by atoms with Crippen LogP contribution in [0.3, 0.4) is 0 Å². The highest BCUT2D eigenvalue weighted by Crippen LogP contribution is 2.36. The molecule has 2 aliphatic rings. The molecule has 0 aromatic heterocycles. The van der Waals surface area contributed by atoms with Crippen LogP contribution in [0.4, 0.5) is 5.69 Å². The Bertz CT molecular complexity index is 499. The van der Waals surface area contributed by atoms with E-state index in [9.17, 15) is 4.79 Å². The van der Waals surface area contributed by atoms with Gasteiger partial charge in [-0.2, -0.15) is 0 Å². The van der Waals surface area contributed by atoms with Crippen LogP contribution in [-0.4, -0.2) is 31.6 Å². The highest BCUT2D eigenvalue weighted by Gasteiger charge is 2.34. The number of hydrogen-bond acceptors (Lipinski definition) is 3. The van der Waals surface area contributed by atoms with Gasteiger partial charge >= 0.3 is 0 Å². The Hall–Kier alpha value is -1.55. The van der Waals surface area contributed by atoms with E-state index in [1.165, 1.54) is 5.56 Å². The van der Waals surface area contributed by atoms with E-state index in [-0.39, 0.29) is 11.9 Å². The number of amides is 1. The van der Waals surface area contributed by atoms with E-state index in [0.717, 1.165) is 24.4 Å². The summed E-state index contributed by atoms with van der Waals surface area (Å²) in [6.45, 7) is 6.21. The lowest BCUT2D eigenvalue weighted by atomic mass is 10.0. The number of fused-ring (bicyclic) bond motifs is 3. The summed E-state index contributed by atoms with van der Waals surface area (Å²) in [6.07, 6.45) is 1.03. The van der Waals surface area contributed by atoms with Crippen LogP contribution < -0.4 is 15.0 Å². The van der Waals surface area contributed by atoms with Crippen LogP contribution in [0.5, 0.6) is 5.75 Å². The van der Waals surface area contributed by atoms with E-state index in [4.69, 9.17) is 4.74 Å². The Morgan fingerprint density at radius 2 is 2.32 bits per heavy atom. The van der Waals surface area contributed by atoms with Crippen LogP contribution in [0.25, 0.3) is 0 Å². The molecule has 0 bridgehead atoms. The topological polar surface area (TPSA) is 41.6 Å². The number of ether oxygens (including phenoxy) is 1. The molecule has 0 spiro atoms. The maximum Gasteiger partial charge on any atom is 0.241 e. The number of anilines is 1. The Labute approximate surface area is 113 Å². The molecular formula is C15H20N2O2. The number of benzene rings is 1. The van der Waals surface area contributed by atoms with Crippen LogP contribution >= 0.6 is 0 Å². The van der Waals surface area contributed by atoms with Crippen molar-refractivity contribution in [3.05, 3.63) is 23.8 Å². The number of rotatable bonds is 2. The van der Waals surface area contributed by atoms with Gasteiger partial charge in [0.1, 0.15) is 12.4 Å². The Kier molecular flexibility index (Phi) is 3.19. The number of nitrogens with zero attached hydrogens (tertiary/aromatic N) is 1. The van der Waals surface area contributed by atoms with Crippen molar-refractivity contribution in [3.8, 4) is 5.75 Å². The zero-order valence-electron chi connectivity index (χ0n) is 11.5. The van der Waals surface area contributed by atoms with Crippen molar-refractivity contribution < 1.29 is 9.53 Å². The molecule has 0 aliphatic carbocycles. The molecule has 19 heavy (non-hydrogen) atoms. The lowest BCUT2D eigenvalue weighted by Gasteiger charge is -2.40. The predicted octanol–water partition coefficient (Wildman–Crippen LogP) is 1.58. The van der Waals surface area contributed by atoms with Gasteiger partial charge in [-0.05, 0) is 30.0 Å². The summed E-state index contributed by atoms with van der Waals surface area (Å²) in [7, 11) is 0. The SMILES string of the molecule is CC(C)Cc1ccc2c(c1)N1C(=O)CNCC1CO2. The number of piperazine rings is 1. The summed E-state index contributed by atoms with van der Waals surface area (Å²) in [5, 5.41) is 3.14. The molecule has 1 aromatic carbocycles. The largest absolute Gasteiger partial charge is 0.489 e. The van der Waals surface area contributed by atoms with E-state index in [1.54, 1.807) is 0 Å². The van der Waals surface area contributed by atoms with Gasteiger partial charge in [-0.1, -0.05) is 19.9 Å². The van der Waals surface area contributed by atoms with Crippen molar-refractivity contribution in [2.45, 2.75) is 26.3 Å². The van der Waals surface area contributed by atoms with Crippen LogP contribution in [0.1, 0.15) is 19.4 Å². The Morgan fingerprint density at radius 3 is 3.11 bits per heavy atom. The molecule has 4 nitrogen and oxygen atoms in total. The number of carbonyl (C=O) groups excluding carboxylic acids is 1. The molecule has 0 radical (unpaired) electrons. The fraction of sp³-hybridized carbons (Fsp3) is 0.533. The molecule has 3 rings (SSSR count). The van der Waals surface area contributed by atoms with E-state index >= 15 is 0 Å². The van der Waals surface area contributed by atoms with Gasteiger partial charge in [0.2, 0.25) is 5.91 Å². The Morgan fingerprint density at radius 1 is 1.47 bits per heavy atom. The van der Waals surface area contributed by atoms with Crippen molar-refractivity contribution in [2.75, 3.05) is 24.6 Å². The summed E-state index contributed by atoms with van der Waals surface area (Å²) in [6, 6.07) is 6.35. The Balaban J connectivity index is 1.96. The smallest absolute Gasteiger partial charge is 0.241 e. The molecule has 2 heterocycles. The molecule has 1 fully saturated rings. The van der Waals surface area contributed by atoms with Crippen LogP contribution in [0, 0.1) is 5.92 Å². The fourth-order valence-corrected chi connectivity index (χ4v) is 2.85. The third kappa shape index (κ3) is 2.32. The molecule has 1 unspecified atom stereocenters. The summed E-state index contributed by atoms with van der Waals surface area (Å²) in [5.74, 6) is 1.58. The first-order valence-electron chi connectivity index (χ1n) is 6.93. The molecule has 4 heteroatoms. The third-order valence-corrected chi connectivity index (χ3v) is 3.65. The second-order valence-corrected chi connectivity index (χ2v) is 5.76. The first-order valence-corrected chi connectivity index (χ1v) is 6.93. The van der Waals surface area contributed by atoms with Crippen LogP contribution in [0.2, 0.25) is 0 Å². The normalized spacial score (nSPS) is 21.9. The summed E-state index contributed by atoms with van der Waals surface area (Å²) in [4.78, 5) is 14.0. The second-order valence-electron chi connectivity index (χ2n) is 5.76. The average molecular weight is 260 g/mol. The van der Waals surface area contributed by atoms with Crippen LogP contribution in [0.15, 0.2) is 18.2 Å². The van der Waals surface area contributed by atoms with Crippen molar-refractivity contribution in [1.29, 1.82) is 0 Å². The van der Waals surface area contributed by atoms with Gasteiger partial charge in [0.25, 0.3) is 0 Å².